The van der Waals surface area contributed by atoms with Crippen molar-refractivity contribution in [1.82, 2.24) is 9.55 Å². The Morgan fingerprint density at radius 2 is 2.00 bits per heavy atom. The Bertz CT molecular complexity index is 1300. The van der Waals surface area contributed by atoms with Crippen LogP contribution in [-0.2, 0) is 32.9 Å². The van der Waals surface area contributed by atoms with E-state index in [1.165, 1.54) is 5.56 Å². The zero-order valence-corrected chi connectivity index (χ0v) is 18.0. The molecule has 5 rings (SSSR count). The maximum absolute atomic E-state index is 13.2. The zero-order chi connectivity index (χ0) is 22.5. The lowest BCUT2D eigenvalue weighted by Gasteiger charge is -2.33. The minimum absolute atomic E-state index is 0.0493. The molecule has 0 bridgehead atoms. The van der Waals surface area contributed by atoms with Crippen LogP contribution in [0.2, 0.25) is 0 Å². The van der Waals surface area contributed by atoms with E-state index in [0.29, 0.717) is 18.5 Å². The fourth-order valence-electron chi connectivity index (χ4n) is 4.31. The molecule has 0 saturated heterocycles. The van der Waals surface area contributed by atoms with E-state index in [4.69, 9.17) is 19.6 Å². The molecule has 0 saturated carbocycles. The van der Waals surface area contributed by atoms with Crippen LogP contribution in [0.5, 0.6) is 0 Å². The van der Waals surface area contributed by atoms with Crippen LogP contribution in [0.1, 0.15) is 49.4 Å². The van der Waals surface area contributed by atoms with Crippen molar-refractivity contribution in [3.05, 3.63) is 62.9 Å². The largest absolute Gasteiger partial charge is 0.481 e. The summed E-state index contributed by atoms with van der Waals surface area (Å²) in [7, 11) is 0. The number of carbonyl (C=O) groups is 2. The third kappa shape index (κ3) is 3.21. The van der Waals surface area contributed by atoms with Gasteiger partial charge in [0.25, 0.3) is 11.5 Å². The van der Waals surface area contributed by atoms with E-state index in [0.717, 1.165) is 40.3 Å². The molecule has 31 heavy (non-hydrogen) atoms. The second-order valence-electron chi connectivity index (χ2n) is 8.23. The van der Waals surface area contributed by atoms with Crippen LogP contribution >= 0.6 is 0 Å². The number of nitrogens with zero attached hydrogens (tertiary/aromatic N) is 2. The van der Waals surface area contributed by atoms with Crippen LogP contribution in [0.25, 0.3) is 22.3 Å². The molecule has 3 aromatic rings. The first-order valence-electron chi connectivity index (χ1n) is 10.2. The van der Waals surface area contributed by atoms with Crippen LogP contribution < -0.4 is 5.56 Å². The number of fused-ring (bicyclic) bond motifs is 5. The predicted octanol–water partition coefficient (Wildman–Crippen LogP) is 3.55. The summed E-state index contributed by atoms with van der Waals surface area (Å²) in [5, 5.41) is 8.53. The fraction of sp³-hybridized carbons (Fsp3) is 0.333. The highest BCUT2D eigenvalue weighted by Crippen LogP contribution is 2.39. The first-order chi connectivity index (χ1) is 14.7. The summed E-state index contributed by atoms with van der Waals surface area (Å²) in [4.78, 5) is 39.5. The van der Waals surface area contributed by atoms with Gasteiger partial charge < -0.3 is 14.4 Å². The third-order valence-electron chi connectivity index (χ3n) is 6.23. The molecule has 2 aliphatic heterocycles. The standard InChI is InChI=1S/C22H20N2O3.C2H4O2/c1-4-22(3)16-9-18-19-13(8-14-12(2)6-5-7-17(14)23-19)10-24(18)20(25)15(16)11-27-21(22)26;1-2(3)4/h5-9H,4,10-11H2,1-3H3;1H3,(H,3,4)/t22-;/m1./s1. The highest BCUT2D eigenvalue weighted by molar-refractivity contribution is 5.88. The van der Waals surface area contributed by atoms with Crippen LogP contribution in [0.3, 0.4) is 0 Å². The highest BCUT2D eigenvalue weighted by Gasteiger charge is 2.43. The van der Waals surface area contributed by atoms with Crippen molar-refractivity contribution in [2.24, 2.45) is 0 Å². The molecule has 1 N–H and O–H groups in total. The number of carbonyl (C=O) groups excluding carboxylic acids is 1. The van der Waals surface area contributed by atoms with Gasteiger partial charge in [0, 0.05) is 17.9 Å². The topological polar surface area (TPSA) is 98.5 Å². The van der Waals surface area contributed by atoms with Crippen LogP contribution in [0, 0.1) is 6.92 Å². The lowest BCUT2D eigenvalue weighted by Crippen LogP contribution is -2.42. The maximum Gasteiger partial charge on any atom is 0.316 e. The Balaban J connectivity index is 0.000000535. The first-order valence-corrected chi connectivity index (χ1v) is 10.2. The summed E-state index contributed by atoms with van der Waals surface area (Å²) in [5.74, 6) is -1.10. The molecule has 1 atom stereocenters. The van der Waals surface area contributed by atoms with Gasteiger partial charge in [-0.1, -0.05) is 19.1 Å². The molecule has 0 fully saturated rings. The highest BCUT2D eigenvalue weighted by atomic mass is 16.5. The quantitative estimate of drug-likeness (QED) is 0.473. The Hall–Kier alpha value is -3.48. The maximum atomic E-state index is 13.2. The lowest BCUT2D eigenvalue weighted by molar-refractivity contribution is -0.153. The molecular weight excluding hydrogens is 396 g/mol. The van der Waals surface area contributed by atoms with Gasteiger partial charge in [-0.15, -0.1) is 0 Å². The van der Waals surface area contributed by atoms with Crippen molar-refractivity contribution in [3.63, 3.8) is 0 Å². The van der Waals surface area contributed by atoms with Crippen molar-refractivity contribution in [1.29, 1.82) is 0 Å². The molecule has 0 aliphatic carbocycles. The number of hydrogen-bond donors (Lipinski definition) is 1. The van der Waals surface area contributed by atoms with Gasteiger partial charge in [-0.05, 0) is 49.6 Å². The molecular formula is C24H24N2O5. The number of rotatable bonds is 1. The Morgan fingerprint density at radius 3 is 2.68 bits per heavy atom. The van der Waals surface area contributed by atoms with Crippen molar-refractivity contribution >= 4 is 22.8 Å². The molecule has 7 nitrogen and oxygen atoms in total. The number of esters is 1. The number of ether oxygens (including phenoxy) is 1. The van der Waals surface area contributed by atoms with E-state index in [1.54, 1.807) is 4.57 Å². The van der Waals surface area contributed by atoms with Crippen molar-refractivity contribution in [2.75, 3.05) is 0 Å². The molecule has 0 radical (unpaired) electrons. The molecule has 7 heteroatoms. The summed E-state index contributed by atoms with van der Waals surface area (Å²) in [6, 6.07) is 10.2. The monoisotopic (exact) mass is 420 g/mol. The average molecular weight is 420 g/mol. The predicted molar refractivity (Wildman–Crippen MR) is 116 cm³/mol. The second kappa shape index (κ2) is 7.34. The molecule has 0 spiro atoms. The minimum Gasteiger partial charge on any atom is -0.481 e. The van der Waals surface area contributed by atoms with E-state index >= 15 is 0 Å². The molecule has 4 heterocycles. The fourth-order valence-corrected chi connectivity index (χ4v) is 4.31. The zero-order valence-electron chi connectivity index (χ0n) is 18.0. The van der Waals surface area contributed by atoms with Gasteiger partial charge in [-0.2, -0.15) is 0 Å². The minimum atomic E-state index is -0.833. The van der Waals surface area contributed by atoms with E-state index in [9.17, 15) is 9.59 Å². The summed E-state index contributed by atoms with van der Waals surface area (Å²) < 4.78 is 7.10. The molecule has 160 valence electrons. The number of carboxylic acid groups (broad SMARTS) is 1. The van der Waals surface area contributed by atoms with Crippen LogP contribution in [0.4, 0.5) is 0 Å². The number of aryl methyl sites for hydroxylation is 1. The van der Waals surface area contributed by atoms with E-state index in [-0.39, 0.29) is 18.1 Å². The molecule has 0 unspecified atom stereocenters. The Kier molecular flexibility index (Phi) is 4.92. The van der Waals surface area contributed by atoms with Gasteiger partial charge in [0.15, 0.2) is 0 Å². The lowest BCUT2D eigenvalue weighted by atomic mass is 9.76. The molecule has 0 amide bonds. The number of cyclic esters (lactones) is 1. The molecule has 2 aromatic heterocycles. The number of carboxylic acids is 1. The number of aromatic nitrogens is 2. The van der Waals surface area contributed by atoms with Gasteiger partial charge in [0.05, 0.1) is 34.4 Å². The van der Waals surface area contributed by atoms with E-state index < -0.39 is 11.4 Å². The smallest absolute Gasteiger partial charge is 0.316 e. The normalized spacial score (nSPS) is 18.4. The number of aliphatic carboxylic acids is 1. The number of hydrogen-bond acceptors (Lipinski definition) is 5. The van der Waals surface area contributed by atoms with E-state index in [2.05, 4.69) is 19.1 Å². The third-order valence-corrected chi connectivity index (χ3v) is 6.23. The number of benzene rings is 1. The van der Waals surface area contributed by atoms with Crippen LogP contribution in [-0.4, -0.2) is 26.6 Å². The van der Waals surface area contributed by atoms with Crippen molar-refractivity contribution in [3.8, 4) is 11.4 Å². The van der Waals surface area contributed by atoms with Crippen LogP contribution in [0.15, 0.2) is 35.1 Å². The SMILES string of the molecule is CC(=O)O.CC[C@@]1(C)C(=O)OCc2c1cc1n(c2=O)Cc2cc3c(C)cccc3nc2-1. The van der Waals surface area contributed by atoms with Crippen molar-refractivity contribution in [2.45, 2.75) is 52.7 Å². The van der Waals surface area contributed by atoms with Crippen molar-refractivity contribution < 1.29 is 19.4 Å². The van der Waals surface area contributed by atoms with Gasteiger partial charge >= 0.3 is 5.97 Å². The Labute approximate surface area is 179 Å². The average Bonchev–Trinajstić information content (AvgIpc) is 3.08. The number of pyridine rings is 2. The van der Waals surface area contributed by atoms with Gasteiger partial charge in [-0.25, -0.2) is 4.98 Å². The molecule has 2 aliphatic rings. The second-order valence-corrected chi connectivity index (χ2v) is 8.23. The molecule has 1 aromatic carbocycles. The van der Waals surface area contributed by atoms with Gasteiger partial charge in [-0.3, -0.25) is 14.4 Å². The summed E-state index contributed by atoms with van der Waals surface area (Å²) in [5.41, 5.74) is 5.28. The first kappa shape index (κ1) is 20.8. The Morgan fingerprint density at radius 1 is 1.29 bits per heavy atom. The van der Waals surface area contributed by atoms with E-state index in [1.807, 2.05) is 32.0 Å². The van der Waals surface area contributed by atoms with Gasteiger partial charge in [0.2, 0.25) is 0 Å². The summed E-state index contributed by atoms with van der Waals surface area (Å²) in [6.45, 7) is 7.51. The summed E-state index contributed by atoms with van der Waals surface area (Å²) in [6.07, 6.45) is 0.582. The summed E-state index contributed by atoms with van der Waals surface area (Å²) >= 11 is 0. The van der Waals surface area contributed by atoms with Gasteiger partial charge in [0.1, 0.15) is 6.61 Å².